The van der Waals surface area contributed by atoms with Crippen LogP contribution in [0, 0.1) is 5.92 Å². The van der Waals surface area contributed by atoms with Crippen LogP contribution in [0.5, 0.6) is 0 Å². The molecule has 0 aliphatic rings. The van der Waals surface area contributed by atoms with Crippen molar-refractivity contribution in [2.75, 3.05) is 6.66 Å². The zero-order chi connectivity index (χ0) is 25.8. The van der Waals surface area contributed by atoms with E-state index in [1.165, 1.54) is 36.0 Å². The maximum Gasteiger partial charge on any atom is 0.0787 e. The molecule has 0 aliphatic carbocycles. The highest BCUT2D eigenvalue weighted by molar-refractivity contribution is 7.39. The van der Waals surface area contributed by atoms with Gasteiger partial charge in [-0.05, 0) is 65.5 Å². The summed E-state index contributed by atoms with van der Waals surface area (Å²) in [5.41, 5.74) is 7.78. The van der Waals surface area contributed by atoms with Gasteiger partial charge in [-0.2, -0.15) is 0 Å². The fourth-order valence-electron chi connectivity index (χ4n) is 4.11. The van der Waals surface area contributed by atoms with Gasteiger partial charge in [0.1, 0.15) is 0 Å². The number of hydrogen-bond acceptors (Lipinski definition) is 2. The predicted octanol–water partition coefficient (Wildman–Crippen LogP) is 8.07. The second-order valence-electron chi connectivity index (χ2n) is 9.43. The standard InChI is InChI=1S/C32H41N2OP/c1-6-27-19-21-34(22-27)24-29-13-9-8-12-28(29)16-17-32(36-5)35-25-31-15-11-10-14-30(31)23-33(7-2)20-18-26(3)4/h7-15,18-22,26H,2,6,16-17,23-25H2,1,3-5H3/b20-18-. The molecule has 1 aromatic heterocycles. The molecule has 3 rings (SSSR count). The lowest BCUT2D eigenvalue weighted by atomic mass is 10.0. The van der Waals surface area contributed by atoms with Gasteiger partial charge < -0.3 is 14.2 Å². The van der Waals surface area contributed by atoms with Gasteiger partial charge in [-0.15, -0.1) is 0 Å². The first-order valence-corrected chi connectivity index (χ1v) is 14.3. The van der Waals surface area contributed by atoms with Crippen molar-refractivity contribution in [3.8, 4) is 0 Å². The molecular formula is C32H41N2OP. The van der Waals surface area contributed by atoms with E-state index in [0.717, 1.165) is 37.8 Å². The maximum atomic E-state index is 6.37. The Bertz CT molecular complexity index is 1160. The first-order chi connectivity index (χ1) is 17.5. The second kappa shape index (κ2) is 14.6. The fraction of sp³-hybridized carbons (Fsp3) is 0.344. The van der Waals surface area contributed by atoms with Crippen LogP contribution in [-0.2, 0) is 37.3 Å². The van der Waals surface area contributed by atoms with Gasteiger partial charge in [-0.1, -0.05) is 90.2 Å². The minimum atomic E-state index is 0.508. The van der Waals surface area contributed by atoms with Gasteiger partial charge >= 0.3 is 0 Å². The van der Waals surface area contributed by atoms with Crippen LogP contribution in [0.25, 0.3) is 0 Å². The molecule has 0 N–H and O–H groups in total. The largest absolute Gasteiger partial charge is 0.351 e. The van der Waals surface area contributed by atoms with Gasteiger partial charge in [-0.25, -0.2) is 0 Å². The van der Waals surface area contributed by atoms with Gasteiger partial charge in [-0.3, -0.25) is 0 Å². The van der Waals surface area contributed by atoms with Crippen LogP contribution in [0.4, 0.5) is 0 Å². The van der Waals surface area contributed by atoms with E-state index < -0.39 is 0 Å². The monoisotopic (exact) mass is 500 g/mol. The molecule has 0 saturated carbocycles. The summed E-state index contributed by atoms with van der Waals surface area (Å²) in [4.78, 5) is 2.13. The number of benzene rings is 2. The SMILES string of the molecule is C=CN(/C=C\C(C)C)Cc1ccccc1COC(CCc1ccccc1Cn1ccc(CC)c1)=PC. The van der Waals surface area contributed by atoms with Gasteiger partial charge in [0.15, 0.2) is 0 Å². The van der Waals surface area contributed by atoms with Crippen LogP contribution >= 0.6 is 8.20 Å². The topological polar surface area (TPSA) is 17.4 Å². The Labute approximate surface area is 219 Å². The number of allylic oxidation sites excluding steroid dienone is 1. The van der Waals surface area contributed by atoms with E-state index in [-0.39, 0.29) is 0 Å². The lowest BCUT2D eigenvalue weighted by molar-refractivity contribution is 0.289. The van der Waals surface area contributed by atoms with E-state index in [2.05, 4.69) is 123 Å². The molecule has 0 fully saturated rings. The van der Waals surface area contributed by atoms with Crippen LogP contribution < -0.4 is 0 Å². The fourth-order valence-corrected chi connectivity index (χ4v) is 4.64. The van der Waals surface area contributed by atoms with Crippen LogP contribution in [0.1, 0.15) is 55.0 Å². The maximum absolute atomic E-state index is 6.37. The summed E-state index contributed by atoms with van der Waals surface area (Å²) in [6, 6.07) is 19.6. The molecule has 0 bridgehead atoms. The van der Waals surface area contributed by atoms with Gasteiger partial charge in [0.25, 0.3) is 0 Å². The average molecular weight is 501 g/mol. The van der Waals surface area contributed by atoms with Gasteiger partial charge in [0, 0.05) is 38.1 Å². The number of hydrogen-bond donors (Lipinski definition) is 0. The van der Waals surface area contributed by atoms with E-state index in [1.54, 1.807) is 0 Å². The number of aromatic nitrogens is 1. The number of rotatable bonds is 14. The quantitative estimate of drug-likeness (QED) is 0.208. The van der Waals surface area contributed by atoms with Gasteiger partial charge in [0.05, 0.1) is 12.1 Å². The highest BCUT2D eigenvalue weighted by Gasteiger charge is 2.09. The summed E-state index contributed by atoms with van der Waals surface area (Å²) in [5.74, 6) is 0.508. The zero-order valence-electron chi connectivity index (χ0n) is 22.4. The number of nitrogens with zero attached hydrogens (tertiary/aromatic N) is 2. The lowest BCUT2D eigenvalue weighted by Crippen LogP contribution is -2.12. The third-order valence-corrected chi connectivity index (χ3v) is 7.16. The number of aryl methyl sites for hydroxylation is 2. The van der Waals surface area contributed by atoms with Gasteiger partial charge in [0.2, 0.25) is 0 Å². The molecule has 1 heterocycles. The molecule has 2 aromatic carbocycles. The number of ether oxygens (including phenoxy) is 1. The van der Waals surface area contributed by atoms with Crippen molar-refractivity contribution in [3.63, 3.8) is 0 Å². The lowest BCUT2D eigenvalue weighted by Gasteiger charge is -2.18. The van der Waals surface area contributed by atoms with E-state index in [4.69, 9.17) is 4.74 Å². The Morgan fingerprint density at radius 2 is 1.72 bits per heavy atom. The summed E-state index contributed by atoms with van der Waals surface area (Å²) in [7, 11) is 1.19. The van der Waals surface area contributed by atoms with Crippen molar-refractivity contribution in [1.29, 1.82) is 0 Å². The van der Waals surface area contributed by atoms with Crippen molar-refractivity contribution >= 4 is 13.7 Å². The van der Waals surface area contributed by atoms with Crippen LogP contribution in [-0.4, -0.2) is 21.6 Å². The summed E-state index contributed by atoms with van der Waals surface area (Å²) in [6.07, 6.45) is 13.6. The molecule has 0 unspecified atom stereocenters. The van der Waals surface area contributed by atoms with Crippen LogP contribution in [0.3, 0.4) is 0 Å². The second-order valence-corrected chi connectivity index (χ2v) is 10.4. The predicted molar refractivity (Wildman–Crippen MR) is 156 cm³/mol. The molecule has 4 heteroatoms. The van der Waals surface area contributed by atoms with Crippen molar-refractivity contribution in [2.45, 2.75) is 59.7 Å². The first-order valence-electron chi connectivity index (χ1n) is 13.0. The molecule has 0 spiro atoms. The molecule has 3 aromatic rings. The Morgan fingerprint density at radius 3 is 2.36 bits per heavy atom. The molecule has 190 valence electrons. The summed E-state index contributed by atoms with van der Waals surface area (Å²) < 4.78 is 8.65. The Kier molecular flexibility index (Phi) is 11.3. The minimum absolute atomic E-state index is 0.508. The third-order valence-electron chi connectivity index (χ3n) is 6.31. The molecular weight excluding hydrogens is 459 g/mol. The van der Waals surface area contributed by atoms with E-state index in [1.807, 2.05) is 6.20 Å². The van der Waals surface area contributed by atoms with Crippen molar-refractivity contribution in [1.82, 2.24) is 9.47 Å². The Balaban J connectivity index is 1.61. The smallest absolute Gasteiger partial charge is 0.0787 e. The average Bonchev–Trinajstić information content (AvgIpc) is 3.35. The Hall–Kier alpha value is -2.87. The first kappa shape index (κ1) is 27.7. The normalized spacial score (nSPS) is 12.0. The van der Waals surface area contributed by atoms with Crippen LogP contribution in [0.15, 0.2) is 92.0 Å². The molecule has 36 heavy (non-hydrogen) atoms. The summed E-state index contributed by atoms with van der Waals surface area (Å²) >= 11 is 0. The molecule has 0 amide bonds. The highest BCUT2D eigenvalue weighted by Crippen LogP contribution is 2.18. The molecule has 3 nitrogen and oxygen atoms in total. The van der Waals surface area contributed by atoms with Crippen molar-refractivity contribution in [2.24, 2.45) is 5.92 Å². The zero-order valence-corrected chi connectivity index (χ0v) is 23.3. The summed E-state index contributed by atoms with van der Waals surface area (Å²) in [5, 5.41) is 0. The molecule has 0 radical (unpaired) electrons. The van der Waals surface area contributed by atoms with E-state index in [0.29, 0.717) is 12.5 Å². The molecule has 0 aliphatic heterocycles. The van der Waals surface area contributed by atoms with E-state index >= 15 is 0 Å². The van der Waals surface area contributed by atoms with Crippen molar-refractivity contribution < 1.29 is 4.74 Å². The molecule has 0 saturated heterocycles. The van der Waals surface area contributed by atoms with E-state index in [9.17, 15) is 0 Å². The highest BCUT2D eigenvalue weighted by atomic mass is 31.1. The summed E-state index contributed by atoms with van der Waals surface area (Å²) in [6.45, 7) is 15.0. The van der Waals surface area contributed by atoms with Crippen LogP contribution in [0.2, 0.25) is 0 Å². The third kappa shape index (κ3) is 8.66. The Morgan fingerprint density at radius 1 is 1.03 bits per heavy atom. The molecule has 0 atom stereocenters. The minimum Gasteiger partial charge on any atom is -0.351 e. The van der Waals surface area contributed by atoms with Crippen molar-refractivity contribution in [3.05, 3.63) is 120 Å².